The van der Waals surface area contributed by atoms with Gasteiger partial charge in [0.2, 0.25) is 0 Å². The highest BCUT2D eigenvalue weighted by atomic mass is 16.6. The number of rotatable bonds is 2. The van der Waals surface area contributed by atoms with Crippen LogP contribution in [0.1, 0.15) is 0 Å². The lowest BCUT2D eigenvalue weighted by atomic mass is 10.6. The zero-order valence-corrected chi connectivity index (χ0v) is 5.36. The summed E-state index contributed by atoms with van der Waals surface area (Å²) >= 11 is 0. The molecule has 0 amide bonds. The lowest BCUT2D eigenvalue weighted by Gasteiger charge is -1.53. The van der Waals surface area contributed by atoms with E-state index in [1.165, 1.54) is 0 Å². The van der Waals surface area contributed by atoms with Crippen LogP contribution in [0.2, 0.25) is 0 Å². The highest BCUT2D eigenvalue weighted by Crippen LogP contribution is 2.02. The molecular weight excluding hydrogens is 136 g/mol. The SMILES string of the molecule is O=CC1CO1.O=CC1CO1. The normalized spacial score (nSPS) is 33.2. The Morgan fingerprint density at radius 2 is 1.30 bits per heavy atom. The zero-order valence-electron chi connectivity index (χ0n) is 5.36. The molecular formula is C6H8O4. The van der Waals surface area contributed by atoms with Gasteiger partial charge < -0.3 is 19.1 Å². The Balaban J connectivity index is 0.0000001000. The molecule has 0 saturated carbocycles. The molecule has 2 heterocycles. The van der Waals surface area contributed by atoms with Gasteiger partial charge in [-0.05, 0) is 0 Å². The van der Waals surface area contributed by atoms with E-state index in [1.54, 1.807) is 0 Å². The van der Waals surface area contributed by atoms with Crippen LogP contribution in [0.3, 0.4) is 0 Å². The van der Waals surface area contributed by atoms with Crippen molar-refractivity contribution < 1.29 is 19.1 Å². The number of aldehydes is 2. The first kappa shape index (κ1) is 7.37. The molecule has 56 valence electrons. The predicted octanol–water partition coefficient (Wildman–Crippen LogP) is -0.832. The van der Waals surface area contributed by atoms with Crippen molar-refractivity contribution in [1.82, 2.24) is 0 Å². The highest BCUT2D eigenvalue weighted by molar-refractivity contribution is 5.59. The maximum atomic E-state index is 9.44. The summed E-state index contributed by atoms with van der Waals surface area (Å²) < 4.78 is 8.98. The van der Waals surface area contributed by atoms with Crippen molar-refractivity contribution in [3.63, 3.8) is 0 Å². The summed E-state index contributed by atoms with van der Waals surface area (Å²) in [4.78, 5) is 18.9. The molecule has 0 N–H and O–H groups in total. The summed E-state index contributed by atoms with van der Waals surface area (Å²) in [5.74, 6) is 0. The van der Waals surface area contributed by atoms with Gasteiger partial charge in [0.05, 0.1) is 13.2 Å². The van der Waals surface area contributed by atoms with Gasteiger partial charge in [-0.15, -0.1) is 0 Å². The van der Waals surface area contributed by atoms with E-state index in [0.717, 1.165) is 12.6 Å². The standard InChI is InChI=1S/2C3H4O2/c2*4-1-3-2-5-3/h2*1,3H,2H2. The number of epoxide rings is 2. The largest absolute Gasteiger partial charge is 0.365 e. The second kappa shape index (κ2) is 3.43. The topological polar surface area (TPSA) is 59.2 Å². The van der Waals surface area contributed by atoms with Crippen molar-refractivity contribution in [3.8, 4) is 0 Å². The molecule has 0 aromatic rings. The summed E-state index contributed by atoms with van der Waals surface area (Å²) in [6.45, 7) is 1.28. The number of hydrogen-bond donors (Lipinski definition) is 0. The van der Waals surface area contributed by atoms with E-state index in [1.807, 2.05) is 0 Å². The molecule has 2 aliphatic heterocycles. The quantitative estimate of drug-likeness (QED) is 0.375. The Hall–Kier alpha value is -0.740. The van der Waals surface area contributed by atoms with E-state index >= 15 is 0 Å². The van der Waals surface area contributed by atoms with Gasteiger partial charge in [0.1, 0.15) is 12.2 Å². The third kappa shape index (κ3) is 3.32. The molecule has 0 aliphatic carbocycles. The minimum atomic E-state index is -0.0463. The van der Waals surface area contributed by atoms with Crippen LogP contribution in [0.5, 0.6) is 0 Å². The zero-order chi connectivity index (χ0) is 7.40. The van der Waals surface area contributed by atoms with Crippen molar-refractivity contribution >= 4 is 12.6 Å². The van der Waals surface area contributed by atoms with Crippen LogP contribution in [-0.4, -0.2) is 38.0 Å². The monoisotopic (exact) mass is 144 g/mol. The van der Waals surface area contributed by atoms with Crippen molar-refractivity contribution in [2.75, 3.05) is 13.2 Å². The Bertz CT molecular complexity index is 110. The molecule has 0 spiro atoms. The van der Waals surface area contributed by atoms with Crippen LogP contribution >= 0.6 is 0 Å². The fourth-order valence-electron chi connectivity index (χ4n) is 0.268. The van der Waals surface area contributed by atoms with Crippen molar-refractivity contribution in [1.29, 1.82) is 0 Å². The van der Waals surface area contributed by atoms with Crippen molar-refractivity contribution in [2.24, 2.45) is 0 Å². The summed E-state index contributed by atoms with van der Waals surface area (Å²) in [6.07, 6.45) is 1.52. The molecule has 0 bridgehead atoms. The molecule has 0 aromatic carbocycles. The van der Waals surface area contributed by atoms with E-state index < -0.39 is 0 Å². The van der Waals surface area contributed by atoms with Gasteiger partial charge in [-0.2, -0.15) is 0 Å². The molecule has 2 atom stereocenters. The van der Waals surface area contributed by atoms with E-state index in [0.29, 0.717) is 13.2 Å². The minimum Gasteiger partial charge on any atom is -0.365 e. The Kier molecular flexibility index (Phi) is 2.53. The third-order valence-corrected chi connectivity index (χ3v) is 1.02. The summed E-state index contributed by atoms with van der Waals surface area (Å²) in [6, 6.07) is 0. The number of carbonyl (C=O) groups is 2. The second-order valence-electron chi connectivity index (χ2n) is 2.02. The maximum absolute atomic E-state index is 9.44. The Morgan fingerprint density at radius 3 is 1.30 bits per heavy atom. The van der Waals surface area contributed by atoms with Crippen LogP contribution in [0, 0.1) is 0 Å². The molecule has 2 aliphatic rings. The van der Waals surface area contributed by atoms with Crippen LogP contribution in [0.4, 0.5) is 0 Å². The second-order valence-corrected chi connectivity index (χ2v) is 2.02. The van der Waals surface area contributed by atoms with Gasteiger partial charge in [-0.1, -0.05) is 0 Å². The van der Waals surface area contributed by atoms with Crippen molar-refractivity contribution in [3.05, 3.63) is 0 Å². The number of ether oxygens (including phenoxy) is 2. The minimum absolute atomic E-state index is 0.0463. The summed E-state index contributed by atoms with van der Waals surface area (Å²) in [7, 11) is 0. The number of hydrogen-bond acceptors (Lipinski definition) is 4. The van der Waals surface area contributed by atoms with Crippen LogP contribution in [0.15, 0.2) is 0 Å². The lowest BCUT2D eigenvalue weighted by Crippen LogP contribution is -1.79. The molecule has 2 fully saturated rings. The van der Waals surface area contributed by atoms with Crippen LogP contribution in [0.25, 0.3) is 0 Å². The van der Waals surface area contributed by atoms with E-state index in [9.17, 15) is 9.59 Å². The highest BCUT2D eigenvalue weighted by Gasteiger charge is 2.20. The third-order valence-electron chi connectivity index (χ3n) is 1.02. The maximum Gasteiger partial charge on any atom is 0.151 e. The average Bonchev–Trinajstić information content (AvgIpc) is 2.86. The lowest BCUT2D eigenvalue weighted by molar-refractivity contribution is -0.109. The summed E-state index contributed by atoms with van der Waals surface area (Å²) in [5.41, 5.74) is 0. The molecule has 0 aromatic heterocycles. The molecule has 2 saturated heterocycles. The van der Waals surface area contributed by atoms with Crippen molar-refractivity contribution in [2.45, 2.75) is 12.2 Å². The van der Waals surface area contributed by atoms with Gasteiger partial charge in [-0.3, -0.25) is 0 Å². The fraction of sp³-hybridized carbons (Fsp3) is 0.667. The van der Waals surface area contributed by atoms with Gasteiger partial charge in [0.25, 0.3) is 0 Å². The van der Waals surface area contributed by atoms with E-state index in [2.05, 4.69) is 9.47 Å². The first-order valence-corrected chi connectivity index (χ1v) is 3.00. The molecule has 4 nitrogen and oxygen atoms in total. The predicted molar refractivity (Wildman–Crippen MR) is 31.6 cm³/mol. The Morgan fingerprint density at radius 1 is 1.00 bits per heavy atom. The molecule has 2 rings (SSSR count). The van der Waals surface area contributed by atoms with Gasteiger partial charge in [0.15, 0.2) is 12.6 Å². The molecule has 4 heteroatoms. The molecule has 10 heavy (non-hydrogen) atoms. The van der Waals surface area contributed by atoms with Crippen LogP contribution < -0.4 is 0 Å². The smallest absolute Gasteiger partial charge is 0.151 e. The molecule has 2 unspecified atom stereocenters. The fourth-order valence-corrected chi connectivity index (χ4v) is 0.268. The van der Waals surface area contributed by atoms with Gasteiger partial charge in [-0.25, -0.2) is 0 Å². The number of carbonyl (C=O) groups excluding carboxylic acids is 2. The first-order chi connectivity index (χ1) is 4.86. The van der Waals surface area contributed by atoms with E-state index in [-0.39, 0.29) is 12.2 Å². The van der Waals surface area contributed by atoms with E-state index in [4.69, 9.17) is 0 Å². The molecule has 0 radical (unpaired) electrons. The first-order valence-electron chi connectivity index (χ1n) is 3.00. The van der Waals surface area contributed by atoms with Gasteiger partial charge in [0, 0.05) is 0 Å². The Labute approximate surface area is 58.1 Å². The van der Waals surface area contributed by atoms with Crippen LogP contribution in [-0.2, 0) is 19.1 Å². The average molecular weight is 144 g/mol. The van der Waals surface area contributed by atoms with Gasteiger partial charge >= 0.3 is 0 Å². The summed E-state index contributed by atoms with van der Waals surface area (Å²) in [5, 5.41) is 0.